The van der Waals surface area contributed by atoms with Crippen LogP contribution in [0.25, 0.3) is 0 Å². The normalized spacial score (nSPS) is 17.7. The molecule has 3 rings (SSSR count). The summed E-state index contributed by atoms with van der Waals surface area (Å²) in [6.45, 7) is 0.687. The summed E-state index contributed by atoms with van der Waals surface area (Å²) in [5, 5.41) is 3.71. The second kappa shape index (κ2) is 4.82. The van der Waals surface area contributed by atoms with Gasteiger partial charge < -0.3 is 10.1 Å². The van der Waals surface area contributed by atoms with E-state index in [1.54, 1.807) is 12.4 Å². The van der Waals surface area contributed by atoms with E-state index in [0.29, 0.717) is 17.6 Å². The lowest BCUT2D eigenvalue weighted by Gasteiger charge is -2.27. The number of nitrogens with one attached hydrogen (secondary N) is 1. The van der Waals surface area contributed by atoms with Gasteiger partial charge in [0.2, 0.25) is 0 Å². The molecule has 0 saturated heterocycles. The topological polar surface area (TPSA) is 47.0 Å². The molecule has 1 aliphatic heterocycles. The maximum atomic E-state index is 6.00. The van der Waals surface area contributed by atoms with Crippen molar-refractivity contribution in [2.75, 3.05) is 11.9 Å². The van der Waals surface area contributed by atoms with Crippen LogP contribution in [0, 0.1) is 0 Å². The highest BCUT2D eigenvalue weighted by Gasteiger charge is 2.21. The average molecular weight is 262 g/mol. The van der Waals surface area contributed by atoms with E-state index in [1.165, 1.54) is 0 Å². The van der Waals surface area contributed by atoms with Gasteiger partial charge in [0, 0.05) is 24.4 Å². The Morgan fingerprint density at radius 2 is 2.06 bits per heavy atom. The Kier molecular flexibility index (Phi) is 3.02. The third-order valence-corrected chi connectivity index (χ3v) is 3.20. The standard InChI is InChI=1S/C13H12ClN3O/c14-12-13(16-7-6-15-12)17-10-5-8-18-11-4-2-1-3-9(10)11/h1-4,6-7,10H,5,8H2,(H,16,17). The van der Waals surface area contributed by atoms with Crippen LogP contribution in [0.15, 0.2) is 36.7 Å². The first-order valence-corrected chi connectivity index (χ1v) is 6.17. The van der Waals surface area contributed by atoms with Crippen molar-refractivity contribution >= 4 is 17.4 Å². The maximum absolute atomic E-state index is 6.00. The molecule has 2 aromatic rings. The Balaban J connectivity index is 1.89. The fourth-order valence-corrected chi connectivity index (χ4v) is 2.23. The van der Waals surface area contributed by atoms with Gasteiger partial charge in [0.15, 0.2) is 11.0 Å². The molecule has 0 bridgehead atoms. The summed E-state index contributed by atoms with van der Waals surface area (Å²) in [5.41, 5.74) is 1.13. The van der Waals surface area contributed by atoms with Crippen molar-refractivity contribution in [2.24, 2.45) is 0 Å². The van der Waals surface area contributed by atoms with Gasteiger partial charge in [-0.1, -0.05) is 29.8 Å². The molecule has 2 heterocycles. The Morgan fingerprint density at radius 3 is 2.94 bits per heavy atom. The number of nitrogens with zero attached hydrogens (tertiary/aromatic N) is 2. The van der Waals surface area contributed by atoms with Crippen LogP contribution < -0.4 is 10.1 Å². The van der Waals surface area contributed by atoms with Crippen LogP contribution in [0.1, 0.15) is 18.0 Å². The van der Waals surface area contributed by atoms with Gasteiger partial charge in [-0.15, -0.1) is 0 Å². The second-order valence-corrected chi connectivity index (χ2v) is 4.43. The van der Waals surface area contributed by atoms with Crippen molar-refractivity contribution < 1.29 is 4.74 Å². The van der Waals surface area contributed by atoms with Crippen LogP contribution in [0.3, 0.4) is 0 Å². The fraction of sp³-hybridized carbons (Fsp3) is 0.231. The molecule has 1 aliphatic rings. The first-order chi connectivity index (χ1) is 8.84. The molecule has 1 unspecified atom stereocenters. The van der Waals surface area contributed by atoms with Gasteiger partial charge in [0.05, 0.1) is 12.6 Å². The van der Waals surface area contributed by atoms with Gasteiger partial charge in [-0.2, -0.15) is 0 Å². The molecule has 92 valence electrons. The molecule has 5 heteroatoms. The zero-order valence-corrected chi connectivity index (χ0v) is 10.4. The highest BCUT2D eigenvalue weighted by atomic mass is 35.5. The van der Waals surface area contributed by atoms with Crippen molar-refractivity contribution in [1.29, 1.82) is 0 Å². The summed E-state index contributed by atoms with van der Waals surface area (Å²) < 4.78 is 5.61. The molecule has 0 spiro atoms. The smallest absolute Gasteiger partial charge is 0.171 e. The van der Waals surface area contributed by atoms with Gasteiger partial charge in [0.25, 0.3) is 0 Å². The lowest BCUT2D eigenvalue weighted by Crippen LogP contribution is -2.21. The van der Waals surface area contributed by atoms with Crippen molar-refractivity contribution in [1.82, 2.24) is 9.97 Å². The molecule has 1 N–H and O–H groups in total. The van der Waals surface area contributed by atoms with E-state index in [4.69, 9.17) is 16.3 Å². The largest absolute Gasteiger partial charge is 0.493 e. The lowest BCUT2D eigenvalue weighted by atomic mass is 10.0. The highest BCUT2D eigenvalue weighted by Crippen LogP contribution is 2.34. The molecular formula is C13H12ClN3O. The monoisotopic (exact) mass is 261 g/mol. The van der Waals surface area contributed by atoms with Crippen LogP contribution in [-0.2, 0) is 0 Å². The molecule has 1 aromatic carbocycles. The predicted molar refractivity (Wildman–Crippen MR) is 70.0 cm³/mol. The summed E-state index contributed by atoms with van der Waals surface area (Å²) in [7, 11) is 0. The molecule has 18 heavy (non-hydrogen) atoms. The number of halogens is 1. The van der Waals surface area contributed by atoms with Crippen molar-refractivity contribution in [3.63, 3.8) is 0 Å². The van der Waals surface area contributed by atoms with E-state index in [0.717, 1.165) is 17.7 Å². The molecule has 0 fully saturated rings. The second-order valence-electron chi connectivity index (χ2n) is 4.07. The van der Waals surface area contributed by atoms with E-state index < -0.39 is 0 Å². The number of hydrogen-bond acceptors (Lipinski definition) is 4. The molecule has 1 atom stereocenters. The van der Waals surface area contributed by atoms with Crippen LogP contribution in [0.2, 0.25) is 5.15 Å². The van der Waals surface area contributed by atoms with Gasteiger partial charge in [-0.3, -0.25) is 0 Å². The summed E-state index contributed by atoms with van der Waals surface area (Å²) in [4.78, 5) is 8.21. The Hall–Kier alpha value is -1.81. The number of aromatic nitrogens is 2. The molecule has 4 nitrogen and oxygen atoms in total. The number of benzene rings is 1. The summed E-state index contributed by atoms with van der Waals surface area (Å²) in [6, 6.07) is 8.15. The minimum atomic E-state index is 0.157. The van der Waals surface area contributed by atoms with Gasteiger partial charge in [-0.05, 0) is 6.07 Å². The molecule has 0 amide bonds. The summed E-state index contributed by atoms with van der Waals surface area (Å²) in [5.74, 6) is 1.53. The minimum absolute atomic E-state index is 0.157. The minimum Gasteiger partial charge on any atom is -0.493 e. The Morgan fingerprint density at radius 1 is 1.22 bits per heavy atom. The van der Waals surface area contributed by atoms with Gasteiger partial charge in [-0.25, -0.2) is 9.97 Å². The number of rotatable bonds is 2. The summed E-state index contributed by atoms with van der Waals surface area (Å²) in [6.07, 6.45) is 4.08. The maximum Gasteiger partial charge on any atom is 0.171 e. The first-order valence-electron chi connectivity index (χ1n) is 5.79. The number of fused-ring (bicyclic) bond motifs is 1. The zero-order valence-electron chi connectivity index (χ0n) is 9.64. The molecule has 0 aliphatic carbocycles. The number of anilines is 1. The van der Waals surface area contributed by atoms with Gasteiger partial charge in [0.1, 0.15) is 5.75 Å². The van der Waals surface area contributed by atoms with Crippen LogP contribution in [-0.4, -0.2) is 16.6 Å². The highest BCUT2D eigenvalue weighted by molar-refractivity contribution is 6.31. The Bertz CT molecular complexity index is 561. The quantitative estimate of drug-likeness (QED) is 0.903. The van der Waals surface area contributed by atoms with Crippen molar-refractivity contribution in [3.05, 3.63) is 47.4 Å². The number of para-hydroxylation sites is 1. The third kappa shape index (κ3) is 2.11. The molecule has 0 saturated carbocycles. The van der Waals surface area contributed by atoms with E-state index in [2.05, 4.69) is 21.4 Å². The van der Waals surface area contributed by atoms with Crippen LogP contribution in [0.5, 0.6) is 5.75 Å². The van der Waals surface area contributed by atoms with Crippen molar-refractivity contribution in [2.45, 2.75) is 12.5 Å². The van der Waals surface area contributed by atoms with Crippen LogP contribution in [0.4, 0.5) is 5.82 Å². The first kappa shape index (κ1) is 11.3. The average Bonchev–Trinajstić information content (AvgIpc) is 2.42. The SMILES string of the molecule is Clc1nccnc1NC1CCOc2ccccc21. The van der Waals surface area contributed by atoms with Gasteiger partial charge >= 0.3 is 0 Å². The van der Waals surface area contributed by atoms with E-state index >= 15 is 0 Å². The molecular weight excluding hydrogens is 250 g/mol. The zero-order chi connectivity index (χ0) is 12.4. The van der Waals surface area contributed by atoms with Crippen LogP contribution >= 0.6 is 11.6 Å². The van der Waals surface area contributed by atoms with E-state index in [9.17, 15) is 0 Å². The van der Waals surface area contributed by atoms with E-state index in [-0.39, 0.29) is 6.04 Å². The third-order valence-electron chi connectivity index (χ3n) is 2.92. The fourth-order valence-electron chi connectivity index (χ4n) is 2.07. The lowest BCUT2D eigenvalue weighted by molar-refractivity contribution is 0.274. The molecule has 1 aromatic heterocycles. The van der Waals surface area contributed by atoms with Crippen molar-refractivity contribution in [3.8, 4) is 5.75 Å². The number of hydrogen-bond donors (Lipinski definition) is 1. The predicted octanol–water partition coefficient (Wildman–Crippen LogP) is 3.07. The number of ether oxygens (including phenoxy) is 1. The molecule has 0 radical (unpaired) electrons. The van der Waals surface area contributed by atoms with E-state index in [1.807, 2.05) is 18.2 Å². The Labute approximate surface area is 110 Å². The summed E-state index contributed by atoms with van der Waals surface area (Å²) >= 11 is 6.00.